The summed E-state index contributed by atoms with van der Waals surface area (Å²) in [5.41, 5.74) is 3.53. The highest BCUT2D eigenvalue weighted by atomic mass is 16.3. The Balaban J connectivity index is 1.97. The highest BCUT2D eigenvalue weighted by Gasteiger charge is 2.30. The summed E-state index contributed by atoms with van der Waals surface area (Å²) in [5.74, 6) is -0.648. The van der Waals surface area contributed by atoms with E-state index in [1.165, 1.54) is 18.2 Å². The fraction of sp³-hybridized carbons (Fsp3) is 0.0435. The van der Waals surface area contributed by atoms with Crippen LogP contribution in [-0.2, 0) is 0 Å². The molecule has 0 aromatic heterocycles. The molecule has 4 heteroatoms. The van der Waals surface area contributed by atoms with E-state index in [-0.39, 0.29) is 28.6 Å². The van der Waals surface area contributed by atoms with E-state index in [9.17, 15) is 19.8 Å². The quantitative estimate of drug-likeness (QED) is 0.416. The van der Waals surface area contributed by atoms with E-state index in [1.807, 2.05) is 6.92 Å². The first-order valence-corrected chi connectivity index (χ1v) is 8.49. The monoisotopic (exact) mass is 356 g/mol. The lowest BCUT2D eigenvalue weighted by Crippen LogP contribution is -2.15. The van der Waals surface area contributed by atoms with E-state index < -0.39 is 0 Å². The maximum atomic E-state index is 12.9. The molecule has 0 saturated heterocycles. The van der Waals surface area contributed by atoms with Gasteiger partial charge in [0.15, 0.2) is 11.6 Å². The molecule has 0 atom stereocenters. The lowest BCUT2D eigenvalue weighted by Gasteiger charge is -2.23. The van der Waals surface area contributed by atoms with Gasteiger partial charge in [0.05, 0.1) is 5.56 Å². The van der Waals surface area contributed by atoms with Crippen molar-refractivity contribution < 1.29 is 19.8 Å². The van der Waals surface area contributed by atoms with Gasteiger partial charge in [0, 0.05) is 11.1 Å². The normalized spacial score (nSPS) is 14.0. The molecule has 2 N–H and O–H groups in total. The molecule has 4 rings (SSSR count). The van der Waals surface area contributed by atoms with Gasteiger partial charge < -0.3 is 10.2 Å². The fourth-order valence-electron chi connectivity index (χ4n) is 3.44. The van der Waals surface area contributed by atoms with E-state index in [1.54, 1.807) is 48.5 Å². The minimum absolute atomic E-state index is 0.00682. The van der Waals surface area contributed by atoms with Crippen molar-refractivity contribution in [3.05, 3.63) is 100 Å². The van der Waals surface area contributed by atoms with Crippen LogP contribution in [0, 0.1) is 6.92 Å². The molecule has 3 aromatic rings. The van der Waals surface area contributed by atoms with Gasteiger partial charge in [-0.05, 0) is 53.5 Å². The van der Waals surface area contributed by atoms with Crippen LogP contribution in [0.4, 0.5) is 0 Å². The number of hydrogen-bond donors (Lipinski definition) is 2. The average molecular weight is 356 g/mol. The number of fused-ring (bicyclic) bond motifs is 2. The van der Waals surface area contributed by atoms with Crippen LogP contribution in [0.1, 0.15) is 43.0 Å². The number of allylic oxidation sites excluding steroid dienone is 1. The molecule has 1 aliphatic carbocycles. The SMILES string of the molecule is Cc1cc(O)c2c(c1)C(=CC(=O)c1cccc(O)c1)c1ccccc1C2=O. The smallest absolute Gasteiger partial charge is 0.197 e. The number of phenolic OH excluding ortho intramolecular Hbond substituents is 2. The standard InChI is InChI=1S/C23H16O4/c1-13-9-19-18(12-20(25)14-5-4-6-15(24)11-14)16-7-2-3-8-17(16)23(27)22(19)21(26)10-13/h2-12,24,26H,1H3. The van der Waals surface area contributed by atoms with Crippen molar-refractivity contribution >= 4 is 17.1 Å². The zero-order chi connectivity index (χ0) is 19.1. The van der Waals surface area contributed by atoms with Crippen molar-refractivity contribution in [2.24, 2.45) is 0 Å². The predicted molar refractivity (Wildman–Crippen MR) is 102 cm³/mol. The Kier molecular flexibility index (Phi) is 3.89. The van der Waals surface area contributed by atoms with Crippen molar-refractivity contribution in [3.63, 3.8) is 0 Å². The molecule has 0 fully saturated rings. The van der Waals surface area contributed by atoms with Crippen molar-refractivity contribution in [2.75, 3.05) is 0 Å². The molecule has 0 unspecified atom stereocenters. The second-order valence-electron chi connectivity index (χ2n) is 6.55. The van der Waals surface area contributed by atoms with Crippen molar-refractivity contribution in [1.29, 1.82) is 0 Å². The Bertz CT molecular complexity index is 1140. The maximum Gasteiger partial charge on any atom is 0.197 e. The summed E-state index contributed by atoms with van der Waals surface area (Å²) in [6.45, 7) is 1.82. The Morgan fingerprint density at radius 1 is 0.889 bits per heavy atom. The van der Waals surface area contributed by atoms with Crippen LogP contribution in [0.5, 0.6) is 11.5 Å². The van der Waals surface area contributed by atoms with Crippen molar-refractivity contribution in [1.82, 2.24) is 0 Å². The van der Waals surface area contributed by atoms with Gasteiger partial charge in [-0.3, -0.25) is 9.59 Å². The van der Waals surface area contributed by atoms with Gasteiger partial charge in [0.1, 0.15) is 11.5 Å². The molecule has 0 spiro atoms. The highest BCUT2D eigenvalue weighted by molar-refractivity contribution is 6.22. The van der Waals surface area contributed by atoms with Crippen molar-refractivity contribution in [3.8, 4) is 11.5 Å². The highest BCUT2D eigenvalue weighted by Crippen LogP contribution is 2.40. The van der Waals surface area contributed by atoms with Crippen LogP contribution in [0.3, 0.4) is 0 Å². The summed E-state index contributed by atoms with van der Waals surface area (Å²) in [7, 11) is 0. The fourth-order valence-corrected chi connectivity index (χ4v) is 3.44. The van der Waals surface area contributed by atoms with Crippen LogP contribution >= 0.6 is 0 Å². The van der Waals surface area contributed by atoms with E-state index in [0.717, 1.165) is 5.56 Å². The molecule has 0 saturated carbocycles. The number of carbonyl (C=O) groups is 2. The molecular weight excluding hydrogens is 340 g/mol. The molecule has 4 nitrogen and oxygen atoms in total. The van der Waals surface area contributed by atoms with Gasteiger partial charge in [-0.25, -0.2) is 0 Å². The van der Waals surface area contributed by atoms with Gasteiger partial charge >= 0.3 is 0 Å². The van der Waals surface area contributed by atoms with Gasteiger partial charge in [0.25, 0.3) is 0 Å². The number of hydrogen-bond acceptors (Lipinski definition) is 4. The first kappa shape index (κ1) is 16.8. The third-order valence-corrected chi connectivity index (χ3v) is 4.65. The zero-order valence-electron chi connectivity index (χ0n) is 14.6. The van der Waals surface area contributed by atoms with Crippen LogP contribution < -0.4 is 0 Å². The second kappa shape index (κ2) is 6.25. The summed E-state index contributed by atoms with van der Waals surface area (Å²) in [6, 6.07) is 16.5. The summed E-state index contributed by atoms with van der Waals surface area (Å²) >= 11 is 0. The van der Waals surface area contributed by atoms with E-state index in [0.29, 0.717) is 27.8 Å². The summed E-state index contributed by atoms with van der Waals surface area (Å²) in [4.78, 5) is 25.7. The Morgan fingerprint density at radius 2 is 1.63 bits per heavy atom. The third-order valence-electron chi connectivity index (χ3n) is 4.65. The first-order valence-electron chi connectivity index (χ1n) is 8.49. The minimum Gasteiger partial charge on any atom is -0.508 e. The Labute approximate surface area is 156 Å². The number of aromatic hydroxyl groups is 2. The van der Waals surface area contributed by atoms with E-state index >= 15 is 0 Å². The van der Waals surface area contributed by atoms with Crippen LogP contribution in [0.15, 0.2) is 66.7 Å². The minimum atomic E-state index is -0.294. The first-order chi connectivity index (χ1) is 13.0. The molecule has 27 heavy (non-hydrogen) atoms. The van der Waals surface area contributed by atoms with Crippen LogP contribution in [-0.4, -0.2) is 21.8 Å². The molecule has 0 radical (unpaired) electrons. The molecular formula is C23H16O4. The number of rotatable bonds is 2. The predicted octanol–water partition coefficient (Wildman–Crippen LogP) is 4.27. The van der Waals surface area contributed by atoms with Gasteiger partial charge in [-0.1, -0.05) is 42.5 Å². The Hall–Kier alpha value is -3.66. The largest absolute Gasteiger partial charge is 0.508 e. The maximum absolute atomic E-state index is 12.9. The van der Waals surface area contributed by atoms with Gasteiger partial charge in [-0.2, -0.15) is 0 Å². The lowest BCUT2D eigenvalue weighted by molar-refractivity contribution is 0.102. The van der Waals surface area contributed by atoms with Crippen LogP contribution in [0.25, 0.3) is 5.57 Å². The van der Waals surface area contributed by atoms with Gasteiger partial charge in [-0.15, -0.1) is 0 Å². The molecule has 0 amide bonds. The Morgan fingerprint density at radius 3 is 2.37 bits per heavy atom. The molecule has 0 bridgehead atoms. The molecule has 3 aromatic carbocycles. The molecule has 0 aliphatic heterocycles. The van der Waals surface area contributed by atoms with Gasteiger partial charge in [0.2, 0.25) is 0 Å². The lowest BCUT2D eigenvalue weighted by atomic mass is 9.79. The molecule has 132 valence electrons. The second-order valence-corrected chi connectivity index (χ2v) is 6.55. The zero-order valence-corrected chi connectivity index (χ0v) is 14.6. The van der Waals surface area contributed by atoms with E-state index in [2.05, 4.69) is 0 Å². The van der Waals surface area contributed by atoms with Crippen LogP contribution in [0.2, 0.25) is 0 Å². The number of aryl methyl sites for hydroxylation is 1. The van der Waals surface area contributed by atoms with Crippen molar-refractivity contribution in [2.45, 2.75) is 6.92 Å². The average Bonchev–Trinajstić information content (AvgIpc) is 2.64. The van der Waals surface area contributed by atoms with E-state index in [4.69, 9.17) is 0 Å². The summed E-state index contributed by atoms with van der Waals surface area (Å²) in [6.07, 6.45) is 1.46. The number of phenols is 2. The number of carbonyl (C=O) groups excluding carboxylic acids is 2. The number of benzene rings is 3. The summed E-state index contributed by atoms with van der Waals surface area (Å²) in [5, 5.41) is 20.0. The number of ketones is 2. The summed E-state index contributed by atoms with van der Waals surface area (Å²) < 4.78 is 0. The molecule has 1 aliphatic rings. The molecule has 0 heterocycles. The topological polar surface area (TPSA) is 74.6 Å². The third kappa shape index (κ3) is 2.81.